The summed E-state index contributed by atoms with van der Waals surface area (Å²) in [5, 5.41) is 9.76. The first-order chi connectivity index (χ1) is 18.2. The molecule has 188 valence electrons. The summed E-state index contributed by atoms with van der Waals surface area (Å²) in [5.41, 5.74) is 4.54. The van der Waals surface area contributed by atoms with E-state index >= 15 is 0 Å². The van der Waals surface area contributed by atoms with Crippen molar-refractivity contribution in [3.05, 3.63) is 66.2 Å². The monoisotopic (exact) mass is 493 g/mol. The number of benzene rings is 1. The minimum Gasteiger partial charge on any atom is -0.377 e. The van der Waals surface area contributed by atoms with Crippen molar-refractivity contribution in [2.45, 2.75) is 45.2 Å². The summed E-state index contributed by atoms with van der Waals surface area (Å²) in [6, 6.07) is 14.6. The normalized spacial score (nSPS) is 22.2. The van der Waals surface area contributed by atoms with E-state index in [1.165, 1.54) is 31.2 Å². The first kappa shape index (κ1) is 23.6. The Labute approximate surface area is 217 Å². The van der Waals surface area contributed by atoms with Gasteiger partial charge in [-0.15, -0.1) is 0 Å². The average molecular weight is 494 g/mol. The van der Waals surface area contributed by atoms with Gasteiger partial charge in [0.05, 0.1) is 36.5 Å². The molecule has 4 heterocycles. The lowest BCUT2D eigenvalue weighted by Crippen LogP contribution is -2.41. The second kappa shape index (κ2) is 10.3. The molecule has 0 bridgehead atoms. The van der Waals surface area contributed by atoms with Crippen molar-refractivity contribution in [3.63, 3.8) is 0 Å². The molecule has 2 fully saturated rings. The van der Waals surface area contributed by atoms with E-state index in [9.17, 15) is 5.26 Å². The number of hydrogen-bond acceptors (Lipinski definition) is 7. The standard InChI is InChI=1S/C29H31N7O/c1-20-7-9-21(10-8-20)18-36-28-24(15-23(16-30)33-27(28)25-17-31-11-12-32-25)34-29(36)35-13-14-37-19-26(35)22-5-3-2-4-6-22/h2-6,11-12,15,17,20-21,26H,7-10,13-14,18-19H2,1H3/t20?,21?,26-/m0/s1. The van der Waals surface area contributed by atoms with E-state index in [1.807, 2.05) is 6.07 Å². The van der Waals surface area contributed by atoms with Gasteiger partial charge in [0.2, 0.25) is 5.95 Å². The van der Waals surface area contributed by atoms with Crippen molar-refractivity contribution < 1.29 is 4.74 Å². The largest absolute Gasteiger partial charge is 0.377 e. The van der Waals surface area contributed by atoms with Gasteiger partial charge >= 0.3 is 0 Å². The van der Waals surface area contributed by atoms with Crippen LogP contribution in [-0.4, -0.2) is 44.3 Å². The summed E-state index contributed by atoms with van der Waals surface area (Å²) >= 11 is 0. The minimum absolute atomic E-state index is 0.0558. The topological polar surface area (TPSA) is 92.8 Å². The summed E-state index contributed by atoms with van der Waals surface area (Å²) in [5.74, 6) is 2.26. The Hall–Kier alpha value is -3.83. The molecule has 1 saturated heterocycles. The van der Waals surface area contributed by atoms with E-state index in [4.69, 9.17) is 14.7 Å². The summed E-state index contributed by atoms with van der Waals surface area (Å²) in [6.45, 7) is 5.20. The quantitative estimate of drug-likeness (QED) is 0.379. The summed E-state index contributed by atoms with van der Waals surface area (Å²) in [6.07, 6.45) is 9.95. The van der Waals surface area contributed by atoms with Crippen LogP contribution < -0.4 is 4.90 Å². The van der Waals surface area contributed by atoms with Gasteiger partial charge in [0.25, 0.3) is 0 Å². The number of ether oxygens (including phenoxy) is 1. The van der Waals surface area contributed by atoms with Crippen molar-refractivity contribution in [1.29, 1.82) is 5.26 Å². The van der Waals surface area contributed by atoms with E-state index < -0.39 is 0 Å². The van der Waals surface area contributed by atoms with Crippen LogP contribution in [0.3, 0.4) is 0 Å². The lowest BCUT2D eigenvalue weighted by atomic mass is 9.83. The molecule has 8 heteroatoms. The maximum Gasteiger partial charge on any atom is 0.207 e. The van der Waals surface area contributed by atoms with Crippen LogP contribution in [0.15, 0.2) is 55.0 Å². The van der Waals surface area contributed by atoms with Gasteiger partial charge in [0.15, 0.2) is 0 Å². The van der Waals surface area contributed by atoms with Crippen LogP contribution in [0, 0.1) is 23.2 Å². The lowest BCUT2D eigenvalue weighted by Gasteiger charge is -2.37. The fourth-order valence-corrected chi connectivity index (χ4v) is 5.76. The molecule has 1 atom stereocenters. The van der Waals surface area contributed by atoms with Crippen molar-refractivity contribution in [2.24, 2.45) is 11.8 Å². The van der Waals surface area contributed by atoms with Crippen LogP contribution in [0.5, 0.6) is 0 Å². The van der Waals surface area contributed by atoms with Crippen molar-refractivity contribution in [1.82, 2.24) is 24.5 Å². The van der Waals surface area contributed by atoms with Gasteiger partial charge < -0.3 is 14.2 Å². The molecule has 0 radical (unpaired) electrons. The SMILES string of the molecule is CC1CCC(Cn2c(N3CCOC[C@H]3c3ccccc3)nc3cc(C#N)nc(-c4cnccn4)c32)CC1. The molecule has 0 spiro atoms. The Morgan fingerprint density at radius 3 is 2.68 bits per heavy atom. The molecule has 0 N–H and O–H groups in total. The maximum absolute atomic E-state index is 9.76. The average Bonchev–Trinajstić information content (AvgIpc) is 3.32. The molecule has 0 unspecified atom stereocenters. The number of fused-ring (bicyclic) bond motifs is 1. The van der Waals surface area contributed by atoms with Gasteiger partial charge in [0.1, 0.15) is 23.2 Å². The van der Waals surface area contributed by atoms with Crippen molar-refractivity contribution in [3.8, 4) is 17.5 Å². The molecular formula is C29H31N7O. The fraction of sp³-hybridized carbons (Fsp3) is 0.414. The lowest BCUT2D eigenvalue weighted by molar-refractivity contribution is 0.0927. The molecule has 8 nitrogen and oxygen atoms in total. The van der Waals surface area contributed by atoms with Gasteiger partial charge in [-0.1, -0.05) is 50.1 Å². The van der Waals surface area contributed by atoms with Crippen LogP contribution in [0.4, 0.5) is 5.95 Å². The molecule has 1 aliphatic carbocycles. The third kappa shape index (κ3) is 4.67. The molecule has 0 amide bonds. The molecule has 1 aromatic carbocycles. The third-order valence-electron chi connectivity index (χ3n) is 7.77. The van der Waals surface area contributed by atoms with Crippen LogP contribution >= 0.6 is 0 Å². The van der Waals surface area contributed by atoms with Crippen LogP contribution in [0.2, 0.25) is 0 Å². The van der Waals surface area contributed by atoms with Crippen LogP contribution in [0.25, 0.3) is 22.4 Å². The Morgan fingerprint density at radius 2 is 1.92 bits per heavy atom. The van der Waals surface area contributed by atoms with Gasteiger partial charge in [-0.25, -0.2) is 9.97 Å². The Balaban J connectivity index is 1.54. The van der Waals surface area contributed by atoms with E-state index in [0.717, 1.165) is 36.0 Å². The number of aromatic nitrogens is 5. The number of hydrogen-bond donors (Lipinski definition) is 0. The number of anilines is 1. The fourth-order valence-electron chi connectivity index (χ4n) is 5.76. The second-order valence-corrected chi connectivity index (χ2v) is 10.3. The van der Waals surface area contributed by atoms with E-state index in [2.05, 4.69) is 56.7 Å². The number of nitriles is 1. The van der Waals surface area contributed by atoms with E-state index in [0.29, 0.717) is 36.2 Å². The number of rotatable bonds is 5. The van der Waals surface area contributed by atoms with E-state index in [1.54, 1.807) is 24.7 Å². The second-order valence-electron chi connectivity index (χ2n) is 10.3. The van der Waals surface area contributed by atoms with Gasteiger partial charge in [-0.3, -0.25) is 9.97 Å². The highest BCUT2D eigenvalue weighted by Crippen LogP contribution is 2.38. The molecule has 1 saturated carbocycles. The summed E-state index contributed by atoms with van der Waals surface area (Å²) in [7, 11) is 0. The number of morpholine rings is 1. The highest BCUT2D eigenvalue weighted by molar-refractivity contribution is 5.91. The van der Waals surface area contributed by atoms with Crippen LogP contribution in [-0.2, 0) is 11.3 Å². The number of pyridine rings is 1. The minimum atomic E-state index is 0.0558. The zero-order valence-corrected chi connectivity index (χ0v) is 21.1. The molecule has 4 aromatic rings. The first-order valence-corrected chi connectivity index (χ1v) is 13.2. The molecule has 37 heavy (non-hydrogen) atoms. The summed E-state index contributed by atoms with van der Waals surface area (Å²) < 4.78 is 8.28. The highest BCUT2D eigenvalue weighted by Gasteiger charge is 2.31. The maximum atomic E-state index is 9.76. The number of nitrogens with zero attached hydrogens (tertiary/aromatic N) is 7. The zero-order chi connectivity index (χ0) is 25.2. The Bertz CT molecular complexity index is 1410. The van der Waals surface area contributed by atoms with Gasteiger partial charge in [-0.2, -0.15) is 5.26 Å². The molecule has 6 rings (SSSR count). The molecule has 1 aliphatic heterocycles. The molecular weight excluding hydrogens is 462 g/mol. The molecule has 2 aliphatic rings. The predicted molar refractivity (Wildman–Crippen MR) is 142 cm³/mol. The van der Waals surface area contributed by atoms with Crippen molar-refractivity contribution >= 4 is 17.0 Å². The number of imidazole rings is 1. The zero-order valence-electron chi connectivity index (χ0n) is 21.1. The van der Waals surface area contributed by atoms with Gasteiger partial charge in [0, 0.05) is 31.5 Å². The smallest absolute Gasteiger partial charge is 0.207 e. The van der Waals surface area contributed by atoms with E-state index in [-0.39, 0.29) is 6.04 Å². The Kier molecular flexibility index (Phi) is 6.54. The van der Waals surface area contributed by atoms with Crippen LogP contribution in [0.1, 0.15) is 49.9 Å². The molecule has 3 aromatic heterocycles. The van der Waals surface area contributed by atoms with Gasteiger partial charge in [-0.05, 0) is 30.2 Å². The Morgan fingerprint density at radius 1 is 1.08 bits per heavy atom. The van der Waals surface area contributed by atoms with Crippen molar-refractivity contribution in [2.75, 3.05) is 24.7 Å². The highest BCUT2D eigenvalue weighted by atomic mass is 16.5. The first-order valence-electron chi connectivity index (χ1n) is 13.2. The third-order valence-corrected chi connectivity index (χ3v) is 7.77. The predicted octanol–water partition coefficient (Wildman–Crippen LogP) is 5.16. The summed E-state index contributed by atoms with van der Waals surface area (Å²) in [4.78, 5) is 21.1.